The van der Waals surface area contributed by atoms with E-state index in [1.165, 1.54) is 36.1 Å². The standard InChI is InChI=1S/C26H27BrN2O3S/c1-19(21-15-14-20-8-5-6-9-22(20)16-21)28-26(30)18-29(24-11-7-10-23(27)17-24)33(31,32)25-12-3-2-4-13-25/h2-4,7,10-17,19H,5-6,8-9,18H2,1H3,(H,28,30)/t19-/m0/s1. The van der Waals surface area contributed by atoms with Crippen molar-refractivity contribution in [3.63, 3.8) is 0 Å². The number of nitrogens with one attached hydrogen (secondary N) is 1. The van der Waals surface area contributed by atoms with Gasteiger partial charge in [0, 0.05) is 4.47 Å². The van der Waals surface area contributed by atoms with E-state index in [0.29, 0.717) is 5.69 Å². The molecule has 0 aromatic heterocycles. The number of nitrogens with zero attached hydrogens (tertiary/aromatic N) is 1. The van der Waals surface area contributed by atoms with Crippen molar-refractivity contribution in [1.29, 1.82) is 0 Å². The number of amides is 1. The molecule has 0 aliphatic heterocycles. The zero-order valence-electron chi connectivity index (χ0n) is 18.5. The molecular weight excluding hydrogens is 500 g/mol. The molecule has 3 aromatic carbocycles. The number of aryl methyl sites for hydroxylation is 2. The van der Waals surface area contributed by atoms with Crippen LogP contribution in [0.2, 0.25) is 0 Å². The Balaban J connectivity index is 1.56. The van der Waals surface area contributed by atoms with Crippen LogP contribution in [0.1, 0.15) is 42.5 Å². The van der Waals surface area contributed by atoms with Crippen molar-refractivity contribution >= 4 is 37.5 Å². The van der Waals surface area contributed by atoms with Gasteiger partial charge in [0.05, 0.1) is 16.6 Å². The number of carbonyl (C=O) groups excluding carboxylic acids is 1. The highest BCUT2D eigenvalue weighted by Crippen LogP contribution is 2.27. The molecule has 1 amide bonds. The molecule has 0 fully saturated rings. The highest BCUT2D eigenvalue weighted by atomic mass is 79.9. The number of sulfonamides is 1. The third-order valence-corrected chi connectivity index (χ3v) is 8.25. The maximum atomic E-state index is 13.4. The third kappa shape index (κ3) is 5.47. The van der Waals surface area contributed by atoms with Crippen LogP contribution in [0.15, 0.2) is 82.2 Å². The summed E-state index contributed by atoms with van der Waals surface area (Å²) in [6.07, 6.45) is 4.58. The van der Waals surface area contributed by atoms with Gasteiger partial charge in [-0.15, -0.1) is 0 Å². The molecule has 0 bridgehead atoms. The summed E-state index contributed by atoms with van der Waals surface area (Å²) in [7, 11) is -3.93. The average molecular weight is 527 g/mol. The van der Waals surface area contributed by atoms with Crippen molar-refractivity contribution in [2.24, 2.45) is 0 Å². The number of hydrogen-bond donors (Lipinski definition) is 1. The van der Waals surface area contributed by atoms with E-state index in [1.807, 2.05) is 13.0 Å². The first-order chi connectivity index (χ1) is 15.8. The topological polar surface area (TPSA) is 66.5 Å². The zero-order valence-corrected chi connectivity index (χ0v) is 20.9. The molecule has 0 spiro atoms. The van der Waals surface area contributed by atoms with Crippen molar-refractivity contribution in [1.82, 2.24) is 5.32 Å². The Hall–Kier alpha value is -2.64. The maximum absolute atomic E-state index is 13.4. The van der Waals surface area contributed by atoms with Gasteiger partial charge in [0.2, 0.25) is 5.91 Å². The summed E-state index contributed by atoms with van der Waals surface area (Å²) in [6, 6.07) is 21.3. The van der Waals surface area contributed by atoms with Crippen LogP contribution in [0, 0.1) is 0 Å². The summed E-state index contributed by atoms with van der Waals surface area (Å²) in [5.41, 5.74) is 4.19. The summed E-state index contributed by atoms with van der Waals surface area (Å²) < 4.78 is 28.7. The lowest BCUT2D eigenvalue weighted by Gasteiger charge is -2.25. The van der Waals surface area contributed by atoms with Crippen molar-refractivity contribution in [3.05, 3.63) is 94.0 Å². The fraction of sp³-hybridized carbons (Fsp3) is 0.269. The molecule has 5 nitrogen and oxygen atoms in total. The highest BCUT2D eigenvalue weighted by Gasteiger charge is 2.28. The zero-order chi connectivity index (χ0) is 23.4. The van der Waals surface area contributed by atoms with E-state index in [2.05, 4.69) is 39.4 Å². The van der Waals surface area contributed by atoms with Gasteiger partial charge >= 0.3 is 0 Å². The average Bonchev–Trinajstić information content (AvgIpc) is 2.82. The smallest absolute Gasteiger partial charge is 0.264 e. The summed E-state index contributed by atoms with van der Waals surface area (Å²) in [5, 5.41) is 2.98. The van der Waals surface area contributed by atoms with Crippen LogP contribution in [0.25, 0.3) is 0 Å². The second-order valence-electron chi connectivity index (χ2n) is 8.33. The fourth-order valence-electron chi connectivity index (χ4n) is 4.19. The molecule has 0 heterocycles. The van der Waals surface area contributed by atoms with Gasteiger partial charge in [0.1, 0.15) is 6.54 Å². The summed E-state index contributed by atoms with van der Waals surface area (Å²) in [6.45, 7) is 1.61. The maximum Gasteiger partial charge on any atom is 0.264 e. The number of fused-ring (bicyclic) bond motifs is 1. The lowest BCUT2D eigenvalue weighted by molar-refractivity contribution is -0.120. The molecule has 1 aliphatic carbocycles. The van der Waals surface area contributed by atoms with E-state index in [9.17, 15) is 13.2 Å². The van der Waals surface area contributed by atoms with Crippen molar-refractivity contribution in [2.75, 3.05) is 10.8 Å². The van der Waals surface area contributed by atoms with Crippen LogP contribution in [0.5, 0.6) is 0 Å². The Labute approximate surface area is 204 Å². The first-order valence-corrected chi connectivity index (χ1v) is 13.3. The number of hydrogen-bond acceptors (Lipinski definition) is 3. The second kappa shape index (κ2) is 10.1. The molecule has 0 radical (unpaired) electrons. The predicted octanol–water partition coefficient (Wildman–Crippen LogP) is 5.40. The first-order valence-electron chi connectivity index (χ1n) is 11.1. The van der Waals surface area contributed by atoms with E-state index < -0.39 is 10.0 Å². The van der Waals surface area contributed by atoms with Crippen molar-refractivity contribution in [3.8, 4) is 0 Å². The van der Waals surface area contributed by atoms with Gasteiger partial charge in [0.25, 0.3) is 10.0 Å². The van der Waals surface area contributed by atoms with Crippen molar-refractivity contribution in [2.45, 2.75) is 43.5 Å². The summed E-state index contributed by atoms with van der Waals surface area (Å²) in [4.78, 5) is 13.2. The quantitative estimate of drug-likeness (QED) is 0.448. The van der Waals surface area contributed by atoms with Crippen LogP contribution in [-0.4, -0.2) is 20.9 Å². The normalized spacial score (nSPS) is 14.2. The third-order valence-electron chi connectivity index (χ3n) is 5.96. The molecule has 0 saturated carbocycles. The number of halogens is 1. The minimum atomic E-state index is -3.93. The molecule has 3 aromatic rings. The Kier molecular flexibility index (Phi) is 7.20. The van der Waals surface area contributed by atoms with Crippen LogP contribution in [-0.2, 0) is 27.7 Å². The summed E-state index contributed by atoms with van der Waals surface area (Å²) in [5.74, 6) is -0.361. The van der Waals surface area contributed by atoms with Gasteiger partial charge in [-0.1, -0.05) is 58.4 Å². The van der Waals surface area contributed by atoms with E-state index in [0.717, 1.165) is 27.2 Å². The fourth-order valence-corrected chi connectivity index (χ4v) is 6.01. The van der Waals surface area contributed by atoms with Gasteiger partial charge in [-0.05, 0) is 79.6 Å². The molecule has 172 valence electrons. The van der Waals surface area contributed by atoms with Gasteiger partial charge < -0.3 is 5.32 Å². The van der Waals surface area contributed by atoms with Gasteiger partial charge in [0.15, 0.2) is 0 Å². The molecular formula is C26H27BrN2O3S. The number of benzene rings is 3. The van der Waals surface area contributed by atoms with Crippen LogP contribution in [0.3, 0.4) is 0 Å². The summed E-state index contributed by atoms with van der Waals surface area (Å²) >= 11 is 3.40. The van der Waals surface area contributed by atoms with E-state index in [1.54, 1.807) is 36.4 Å². The second-order valence-corrected chi connectivity index (χ2v) is 11.1. The largest absolute Gasteiger partial charge is 0.348 e. The molecule has 4 rings (SSSR count). The van der Waals surface area contributed by atoms with E-state index in [-0.39, 0.29) is 23.4 Å². The minimum absolute atomic E-state index is 0.139. The number of anilines is 1. The Morgan fingerprint density at radius 2 is 1.70 bits per heavy atom. The molecule has 7 heteroatoms. The SMILES string of the molecule is C[C@H](NC(=O)CN(c1cccc(Br)c1)S(=O)(=O)c1ccccc1)c1ccc2c(c1)CCCC2. The molecule has 33 heavy (non-hydrogen) atoms. The van der Waals surface area contributed by atoms with Crippen molar-refractivity contribution < 1.29 is 13.2 Å². The lowest BCUT2D eigenvalue weighted by Crippen LogP contribution is -2.41. The Bertz CT molecular complexity index is 1250. The highest BCUT2D eigenvalue weighted by molar-refractivity contribution is 9.10. The minimum Gasteiger partial charge on any atom is -0.348 e. The van der Waals surface area contributed by atoms with Crippen LogP contribution < -0.4 is 9.62 Å². The predicted molar refractivity (Wildman–Crippen MR) is 135 cm³/mol. The van der Waals surface area contributed by atoms with E-state index >= 15 is 0 Å². The first kappa shape index (κ1) is 23.5. The van der Waals surface area contributed by atoms with Gasteiger partial charge in [-0.2, -0.15) is 0 Å². The van der Waals surface area contributed by atoms with Crippen LogP contribution >= 0.6 is 15.9 Å². The molecule has 1 aliphatic rings. The van der Waals surface area contributed by atoms with Gasteiger partial charge in [-0.25, -0.2) is 8.42 Å². The van der Waals surface area contributed by atoms with Gasteiger partial charge in [-0.3, -0.25) is 9.10 Å². The number of carbonyl (C=O) groups is 1. The number of rotatable bonds is 7. The monoisotopic (exact) mass is 526 g/mol. The Morgan fingerprint density at radius 3 is 2.42 bits per heavy atom. The van der Waals surface area contributed by atoms with E-state index in [4.69, 9.17) is 0 Å². The lowest BCUT2D eigenvalue weighted by atomic mass is 9.89. The molecule has 1 atom stereocenters. The molecule has 0 unspecified atom stereocenters. The van der Waals surface area contributed by atoms with Crippen LogP contribution in [0.4, 0.5) is 5.69 Å². The molecule has 1 N–H and O–H groups in total. The molecule has 0 saturated heterocycles. The Morgan fingerprint density at radius 1 is 0.970 bits per heavy atom.